The van der Waals surface area contributed by atoms with Crippen molar-refractivity contribution in [1.82, 2.24) is 5.32 Å². The van der Waals surface area contributed by atoms with Crippen molar-refractivity contribution in [2.24, 2.45) is 0 Å². The zero-order valence-corrected chi connectivity index (χ0v) is 6.23. The third kappa shape index (κ3) is 34.2. The summed E-state index contributed by atoms with van der Waals surface area (Å²) in [7, 11) is 5.00. The summed E-state index contributed by atoms with van der Waals surface area (Å²) in [5.41, 5.74) is 0. The first-order valence-electron chi connectivity index (χ1n) is 0.854. The number of nitrogens with one attached hydrogen (secondary N) is 1. The van der Waals surface area contributed by atoms with Gasteiger partial charge < -0.3 is 12.7 Å². The Kier molecular flexibility index (Phi) is 60.2. The van der Waals surface area contributed by atoms with Crippen LogP contribution in [0.1, 0.15) is 0 Å². The van der Waals surface area contributed by atoms with E-state index in [0.29, 0.717) is 0 Å². The van der Waals surface area contributed by atoms with Crippen molar-refractivity contribution in [3.8, 4) is 0 Å². The smallest absolute Gasteiger partial charge is 0 e. The Bertz CT molecular complexity index is 6.85. The van der Waals surface area contributed by atoms with E-state index in [1.54, 1.807) is 7.05 Å². The van der Waals surface area contributed by atoms with Gasteiger partial charge in [-0.3, -0.25) is 7.05 Å². The van der Waals surface area contributed by atoms with Crippen molar-refractivity contribution in [2.45, 2.75) is 0 Å². The van der Waals surface area contributed by atoms with Crippen molar-refractivity contribution >= 4 is 0 Å². The summed E-state index contributed by atoms with van der Waals surface area (Å²) in [5.74, 6) is 0. The second-order valence-corrected chi connectivity index (χ2v) is 0.354. The van der Waals surface area contributed by atoms with Crippen molar-refractivity contribution in [3.63, 3.8) is 0 Å². The molecule has 0 heterocycles. The molecule has 0 aromatic heterocycles. The third-order valence-electron chi connectivity index (χ3n) is 0. The summed E-state index contributed by atoms with van der Waals surface area (Å²) in [6, 6.07) is 0. The Morgan fingerprint density at radius 3 is 1.60 bits per heavy atom. The standard InChI is InChI=1S/C2H6N.CH3.Sm/c1-3-2;;/h3H,1H2,2H3;1H3;/q2*-1;. The van der Waals surface area contributed by atoms with Gasteiger partial charge in [-0.05, 0) is 7.05 Å². The summed E-state index contributed by atoms with van der Waals surface area (Å²) in [4.78, 5) is 0. The molecule has 0 radical (unpaired) electrons. The van der Waals surface area contributed by atoms with E-state index in [4.69, 9.17) is 0 Å². The van der Waals surface area contributed by atoms with Gasteiger partial charge in [0.1, 0.15) is 0 Å². The van der Waals surface area contributed by atoms with E-state index >= 15 is 0 Å². The van der Waals surface area contributed by atoms with Crippen molar-refractivity contribution in [3.05, 3.63) is 14.5 Å². The Morgan fingerprint density at radius 2 is 1.60 bits per heavy atom. The van der Waals surface area contributed by atoms with Gasteiger partial charge in [0.25, 0.3) is 0 Å². The minimum atomic E-state index is 0. The van der Waals surface area contributed by atoms with Gasteiger partial charge >= 0.3 is 0 Å². The van der Waals surface area contributed by atoms with Crippen LogP contribution in [0.3, 0.4) is 0 Å². The van der Waals surface area contributed by atoms with Crippen LogP contribution in [0.5, 0.6) is 0 Å². The van der Waals surface area contributed by atoms with Crippen LogP contribution in [0.15, 0.2) is 0 Å². The molecule has 0 aliphatic rings. The third-order valence-corrected chi connectivity index (χ3v) is 0. The molecule has 0 atom stereocenters. The molecule has 0 unspecified atom stereocenters. The summed E-state index contributed by atoms with van der Waals surface area (Å²) >= 11 is 0. The van der Waals surface area contributed by atoms with Gasteiger partial charge in [-0.25, -0.2) is 0 Å². The van der Waals surface area contributed by atoms with Gasteiger partial charge in [-0.15, -0.1) is 0 Å². The van der Waals surface area contributed by atoms with Gasteiger partial charge in [0.05, 0.1) is 0 Å². The van der Waals surface area contributed by atoms with Gasteiger partial charge in [-0.1, -0.05) is 0 Å². The zero-order valence-electron chi connectivity index (χ0n) is 3.62. The fraction of sp³-hybridized carbons (Fsp3) is 0.333. The molecule has 34 valence electrons. The molecule has 0 amide bonds. The SMILES string of the molecule is [CH2-]NC.[CH3-].[Sm]. The molecule has 2 heteroatoms. The minimum Gasteiger partial charge on any atom is -0.475 e. The molecule has 0 aliphatic heterocycles. The predicted molar refractivity (Wildman–Crippen MR) is 20.8 cm³/mol. The van der Waals surface area contributed by atoms with Crippen molar-refractivity contribution < 1.29 is 40.4 Å². The molecule has 0 aromatic rings. The summed E-state index contributed by atoms with van der Waals surface area (Å²) in [6.45, 7) is 0. The molecule has 0 saturated heterocycles. The van der Waals surface area contributed by atoms with Crippen LogP contribution in [0, 0.1) is 54.9 Å². The van der Waals surface area contributed by atoms with Gasteiger partial charge in [0, 0.05) is 40.4 Å². The van der Waals surface area contributed by atoms with Gasteiger partial charge in [0.2, 0.25) is 0 Å². The number of hydrogen-bond acceptors (Lipinski definition) is 1. The maximum Gasteiger partial charge on any atom is 0 e. The Balaban J connectivity index is -0.0000000200. The van der Waals surface area contributed by atoms with Gasteiger partial charge in [0.15, 0.2) is 0 Å². The molecule has 0 bridgehead atoms. The first kappa shape index (κ1) is 16.3. The molecule has 5 heavy (non-hydrogen) atoms. The number of rotatable bonds is 0. The predicted octanol–water partition coefficient (Wildman–Crippen LogP) is 0.448. The van der Waals surface area contributed by atoms with E-state index in [2.05, 4.69) is 12.4 Å². The molecular formula is C3H9NSm-2. The average molecular weight is 209 g/mol. The maximum absolute atomic E-state index is 3.24. The number of hydrogen-bond donors (Lipinski definition) is 1. The Morgan fingerprint density at radius 1 is 1.60 bits per heavy atom. The normalized spacial score (nSPS) is 3.60. The van der Waals surface area contributed by atoms with Crippen molar-refractivity contribution in [2.75, 3.05) is 7.05 Å². The topological polar surface area (TPSA) is 12.0 Å². The molecule has 1 N–H and O–H groups in total. The van der Waals surface area contributed by atoms with E-state index in [1.165, 1.54) is 0 Å². The summed E-state index contributed by atoms with van der Waals surface area (Å²) < 4.78 is 0. The van der Waals surface area contributed by atoms with E-state index < -0.39 is 0 Å². The average Bonchev–Trinajstić information content (AvgIpc) is 0.918. The largest absolute Gasteiger partial charge is 0.475 e. The van der Waals surface area contributed by atoms with Crippen LogP contribution in [0.4, 0.5) is 0 Å². The second-order valence-electron chi connectivity index (χ2n) is 0.354. The van der Waals surface area contributed by atoms with Crippen LogP contribution < -0.4 is 5.32 Å². The summed E-state index contributed by atoms with van der Waals surface area (Å²) in [5, 5.41) is 2.50. The van der Waals surface area contributed by atoms with Crippen LogP contribution >= 0.6 is 0 Å². The fourth-order valence-electron chi connectivity index (χ4n) is 0. The molecule has 0 saturated carbocycles. The molecule has 0 rings (SSSR count). The Labute approximate surface area is 66.6 Å². The monoisotopic (exact) mass is 211 g/mol. The van der Waals surface area contributed by atoms with Crippen LogP contribution in [-0.4, -0.2) is 7.05 Å². The van der Waals surface area contributed by atoms with E-state index in [0.717, 1.165) is 0 Å². The van der Waals surface area contributed by atoms with E-state index in [9.17, 15) is 0 Å². The molecule has 0 spiro atoms. The van der Waals surface area contributed by atoms with Crippen molar-refractivity contribution in [1.29, 1.82) is 0 Å². The van der Waals surface area contributed by atoms with Gasteiger partial charge in [-0.2, -0.15) is 0 Å². The molecule has 0 fully saturated rings. The van der Waals surface area contributed by atoms with Crippen LogP contribution in [0.2, 0.25) is 0 Å². The minimum absolute atomic E-state index is 0. The first-order valence-corrected chi connectivity index (χ1v) is 0.854. The molecule has 0 aliphatic carbocycles. The maximum atomic E-state index is 3.24. The van der Waals surface area contributed by atoms with Crippen LogP contribution in [0.25, 0.3) is 0 Å². The second kappa shape index (κ2) is 18.5. The molecular weight excluding hydrogens is 200 g/mol. The quantitative estimate of drug-likeness (QED) is 0.571. The van der Waals surface area contributed by atoms with Crippen LogP contribution in [-0.2, 0) is 0 Å². The first-order chi connectivity index (χ1) is 1.41. The van der Waals surface area contributed by atoms with E-state index in [-0.39, 0.29) is 47.8 Å². The zero-order chi connectivity index (χ0) is 2.71. The molecule has 0 aromatic carbocycles. The summed E-state index contributed by atoms with van der Waals surface area (Å²) in [6.07, 6.45) is 0. The Hall–Kier alpha value is 1.30. The molecule has 1 nitrogen and oxygen atoms in total. The fourth-order valence-corrected chi connectivity index (χ4v) is 0. The van der Waals surface area contributed by atoms with E-state index in [1.807, 2.05) is 0 Å².